The van der Waals surface area contributed by atoms with Crippen molar-refractivity contribution in [2.75, 3.05) is 13.1 Å². The van der Waals surface area contributed by atoms with E-state index in [9.17, 15) is 14.4 Å². The molecule has 6 nitrogen and oxygen atoms in total. The predicted octanol–water partition coefficient (Wildman–Crippen LogP) is 2.79. The van der Waals surface area contributed by atoms with E-state index in [0.29, 0.717) is 30.3 Å². The largest absolute Gasteiger partial charge is 0.427 e. The number of aryl methyl sites for hydroxylation is 1. The smallest absolute Gasteiger partial charge is 0.349 e. The molecule has 2 aliphatic rings. The lowest BCUT2D eigenvalue weighted by Gasteiger charge is -2.24. The Kier molecular flexibility index (Phi) is 5.51. The third-order valence-electron chi connectivity index (χ3n) is 5.97. The van der Waals surface area contributed by atoms with E-state index in [4.69, 9.17) is 4.42 Å². The number of nitrogens with zero attached hydrogens (tertiary/aromatic N) is 1. The molecule has 2 fully saturated rings. The van der Waals surface area contributed by atoms with Crippen molar-refractivity contribution in [1.29, 1.82) is 0 Å². The standard InChI is InChI=1S/C23H26N2O4/c1-15-12-19(17-8-5-9-17)29-23(28)21(15)22(27)24-18-13-20(26)25(14-18)11-10-16-6-3-2-4-7-16/h2-4,6-7,12,17-18H,5,8-11,13-14H2,1H3,(H,24,27). The average Bonchev–Trinajstić information content (AvgIpc) is 2.98. The van der Waals surface area contributed by atoms with Gasteiger partial charge in [0, 0.05) is 25.4 Å². The summed E-state index contributed by atoms with van der Waals surface area (Å²) in [6.45, 7) is 2.84. The van der Waals surface area contributed by atoms with Crippen LogP contribution in [0.3, 0.4) is 0 Å². The van der Waals surface area contributed by atoms with Gasteiger partial charge in [0.1, 0.15) is 11.3 Å². The number of likely N-dealkylation sites (tertiary alicyclic amines) is 1. The molecule has 152 valence electrons. The van der Waals surface area contributed by atoms with Gasteiger partial charge in [-0.2, -0.15) is 0 Å². The first-order chi connectivity index (χ1) is 14.0. The molecule has 0 bridgehead atoms. The van der Waals surface area contributed by atoms with Gasteiger partial charge < -0.3 is 14.6 Å². The Morgan fingerprint density at radius 1 is 1.21 bits per heavy atom. The van der Waals surface area contributed by atoms with Crippen LogP contribution in [0.25, 0.3) is 0 Å². The third kappa shape index (κ3) is 4.26. The number of hydrogen-bond acceptors (Lipinski definition) is 4. The lowest BCUT2D eigenvalue weighted by Crippen LogP contribution is -2.39. The molecule has 1 saturated carbocycles. The van der Waals surface area contributed by atoms with Crippen molar-refractivity contribution in [1.82, 2.24) is 10.2 Å². The SMILES string of the molecule is Cc1cc(C2CCC2)oc(=O)c1C(=O)NC1CC(=O)N(CCc2ccccc2)C1. The van der Waals surface area contributed by atoms with Gasteiger partial charge in [0.25, 0.3) is 5.91 Å². The van der Waals surface area contributed by atoms with Gasteiger partial charge in [-0.15, -0.1) is 0 Å². The molecule has 1 N–H and O–H groups in total. The zero-order valence-electron chi connectivity index (χ0n) is 16.6. The van der Waals surface area contributed by atoms with Crippen LogP contribution in [0.15, 0.2) is 45.6 Å². The van der Waals surface area contributed by atoms with Crippen LogP contribution in [0, 0.1) is 6.92 Å². The van der Waals surface area contributed by atoms with Gasteiger partial charge in [0.15, 0.2) is 0 Å². The van der Waals surface area contributed by atoms with Gasteiger partial charge in [-0.1, -0.05) is 36.8 Å². The normalized spacial score (nSPS) is 19.3. The summed E-state index contributed by atoms with van der Waals surface area (Å²) in [7, 11) is 0. The number of carbonyl (C=O) groups is 2. The molecule has 0 radical (unpaired) electrons. The summed E-state index contributed by atoms with van der Waals surface area (Å²) in [4.78, 5) is 39.2. The fraction of sp³-hybridized carbons (Fsp3) is 0.435. The second kappa shape index (κ2) is 8.23. The minimum atomic E-state index is -0.588. The second-order valence-electron chi connectivity index (χ2n) is 8.07. The molecular weight excluding hydrogens is 368 g/mol. The number of carbonyl (C=O) groups excluding carboxylic acids is 2. The van der Waals surface area contributed by atoms with Crippen LogP contribution in [-0.2, 0) is 11.2 Å². The first-order valence-corrected chi connectivity index (χ1v) is 10.3. The van der Waals surface area contributed by atoms with E-state index in [-0.39, 0.29) is 23.9 Å². The lowest BCUT2D eigenvalue weighted by atomic mass is 9.83. The molecule has 1 aliphatic carbocycles. The van der Waals surface area contributed by atoms with E-state index < -0.39 is 11.5 Å². The van der Waals surface area contributed by atoms with E-state index in [1.54, 1.807) is 11.8 Å². The molecule has 1 atom stereocenters. The molecule has 0 spiro atoms. The number of hydrogen-bond donors (Lipinski definition) is 1. The summed E-state index contributed by atoms with van der Waals surface area (Å²) in [5.74, 6) is 0.539. The van der Waals surface area contributed by atoms with Crippen LogP contribution in [-0.4, -0.2) is 35.8 Å². The highest BCUT2D eigenvalue weighted by Crippen LogP contribution is 2.36. The number of amides is 2. The fourth-order valence-electron chi connectivity index (χ4n) is 4.05. The molecule has 2 aromatic rings. The monoisotopic (exact) mass is 394 g/mol. The van der Waals surface area contributed by atoms with Crippen LogP contribution in [0.2, 0.25) is 0 Å². The second-order valence-corrected chi connectivity index (χ2v) is 8.07. The molecule has 4 rings (SSSR count). The molecule has 29 heavy (non-hydrogen) atoms. The van der Waals surface area contributed by atoms with Crippen molar-refractivity contribution < 1.29 is 14.0 Å². The lowest BCUT2D eigenvalue weighted by molar-refractivity contribution is -0.127. The van der Waals surface area contributed by atoms with E-state index in [1.807, 2.05) is 36.4 Å². The molecule has 1 aromatic carbocycles. The van der Waals surface area contributed by atoms with E-state index in [1.165, 1.54) is 5.56 Å². The van der Waals surface area contributed by atoms with Crippen LogP contribution in [0.5, 0.6) is 0 Å². The molecular formula is C23H26N2O4. The highest BCUT2D eigenvalue weighted by atomic mass is 16.4. The number of benzene rings is 1. The van der Waals surface area contributed by atoms with Crippen LogP contribution in [0.1, 0.15) is 58.8 Å². The maximum absolute atomic E-state index is 12.7. The van der Waals surface area contributed by atoms with Crippen molar-refractivity contribution in [3.05, 3.63) is 69.3 Å². The van der Waals surface area contributed by atoms with E-state index in [0.717, 1.165) is 25.7 Å². The Morgan fingerprint density at radius 3 is 2.62 bits per heavy atom. The highest BCUT2D eigenvalue weighted by Gasteiger charge is 2.32. The topological polar surface area (TPSA) is 79.6 Å². The summed E-state index contributed by atoms with van der Waals surface area (Å²) in [5.41, 5.74) is 1.26. The van der Waals surface area contributed by atoms with Crippen molar-refractivity contribution in [3.8, 4) is 0 Å². The Balaban J connectivity index is 1.37. The molecule has 1 unspecified atom stereocenters. The van der Waals surface area contributed by atoms with Gasteiger partial charge in [-0.3, -0.25) is 9.59 Å². The van der Waals surface area contributed by atoms with E-state index in [2.05, 4.69) is 5.32 Å². The Bertz CT molecular complexity index is 963. The van der Waals surface area contributed by atoms with Gasteiger partial charge in [-0.05, 0) is 43.4 Å². The number of rotatable bonds is 6. The minimum absolute atomic E-state index is 0.0234. The Labute approximate surface area is 169 Å². The summed E-state index contributed by atoms with van der Waals surface area (Å²) in [6.07, 6.45) is 4.23. The molecule has 1 saturated heterocycles. The van der Waals surface area contributed by atoms with Crippen LogP contribution < -0.4 is 10.9 Å². The number of nitrogens with one attached hydrogen (secondary N) is 1. The third-order valence-corrected chi connectivity index (χ3v) is 5.97. The zero-order chi connectivity index (χ0) is 20.4. The maximum Gasteiger partial charge on any atom is 0.349 e. The van der Waals surface area contributed by atoms with Crippen molar-refractivity contribution in [3.63, 3.8) is 0 Å². The zero-order valence-corrected chi connectivity index (χ0v) is 16.6. The first-order valence-electron chi connectivity index (χ1n) is 10.3. The summed E-state index contributed by atoms with van der Waals surface area (Å²) < 4.78 is 5.41. The molecule has 1 aliphatic heterocycles. The maximum atomic E-state index is 12.7. The molecule has 2 heterocycles. The van der Waals surface area contributed by atoms with Gasteiger partial charge in [0.2, 0.25) is 5.91 Å². The highest BCUT2D eigenvalue weighted by molar-refractivity contribution is 5.96. The van der Waals surface area contributed by atoms with Crippen LogP contribution in [0.4, 0.5) is 0 Å². The van der Waals surface area contributed by atoms with Crippen molar-refractivity contribution in [2.45, 2.75) is 51.0 Å². The molecule has 1 aromatic heterocycles. The predicted molar refractivity (Wildman–Crippen MR) is 109 cm³/mol. The quantitative estimate of drug-likeness (QED) is 0.817. The van der Waals surface area contributed by atoms with Gasteiger partial charge >= 0.3 is 5.63 Å². The van der Waals surface area contributed by atoms with Crippen molar-refractivity contribution >= 4 is 11.8 Å². The Hall–Kier alpha value is -2.89. The van der Waals surface area contributed by atoms with E-state index >= 15 is 0 Å². The van der Waals surface area contributed by atoms with Crippen molar-refractivity contribution in [2.24, 2.45) is 0 Å². The van der Waals surface area contributed by atoms with Gasteiger partial charge in [-0.25, -0.2) is 4.79 Å². The molecule has 2 amide bonds. The summed E-state index contributed by atoms with van der Waals surface area (Å²) in [6, 6.07) is 11.5. The molecule has 6 heteroatoms. The fourth-order valence-corrected chi connectivity index (χ4v) is 4.05. The van der Waals surface area contributed by atoms with Gasteiger partial charge in [0.05, 0.1) is 6.04 Å². The minimum Gasteiger partial charge on any atom is -0.427 e. The first kappa shape index (κ1) is 19.4. The Morgan fingerprint density at radius 2 is 1.97 bits per heavy atom. The average molecular weight is 394 g/mol. The summed E-state index contributed by atoms with van der Waals surface area (Å²) >= 11 is 0. The van der Waals surface area contributed by atoms with Crippen LogP contribution >= 0.6 is 0 Å². The summed E-state index contributed by atoms with van der Waals surface area (Å²) in [5, 5.41) is 2.85.